The fourth-order valence-corrected chi connectivity index (χ4v) is 2.26. The van der Waals surface area contributed by atoms with E-state index < -0.39 is 0 Å². The van der Waals surface area contributed by atoms with Crippen LogP contribution >= 0.6 is 0 Å². The third-order valence-corrected chi connectivity index (χ3v) is 3.68. The van der Waals surface area contributed by atoms with Gasteiger partial charge < -0.3 is 20.1 Å². The Hall–Kier alpha value is -2.95. The van der Waals surface area contributed by atoms with E-state index in [1.54, 1.807) is 6.07 Å². The maximum absolute atomic E-state index is 12.2. The van der Waals surface area contributed by atoms with Gasteiger partial charge in [-0.05, 0) is 55.3 Å². The van der Waals surface area contributed by atoms with E-state index in [2.05, 4.69) is 24.1 Å². The van der Waals surface area contributed by atoms with Crippen molar-refractivity contribution in [3.63, 3.8) is 0 Å². The molecule has 0 aromatic heterocycles. The first-order chi connectivity index (χ1) is 13.1. The summed E-state index contributed by atoms with van der Waals surface area (Å²) >= 11 is 0. The standard InChI is InChI=1S/C22H28N2O3/c1-4-5-13-26-20-11-9-18(10-12-20)23-15-22(25)24-19-7-6-8-21(14-19)27-16-17(2)3/h6-12,14,23H,2,4-5,13,15-16H2,1,3H3,(H,24,25). The molecule has 0 radical (unpaired) electrons. The highest BCUT2D eigenvalue weighted by atomic mass is 16.5. The average molecular weight is 368 g/mol. The number of carbonyl (C=O) groups excluding carboxylic acids is 1. The second-order valence-electron chi connectivity index (χ2n) is 6.40. The second-order valence-corrected chi connectivity index (χ2v) is 6.40. The molecule has 0 aliphatic heterocycles. The van der Waals surface area contributed by atoms with Crippen LogP contribution in [0.5, 0.6) is 11.5 Å². The SMILES string of the molecule is C=C(C)COc1cccc(NC(=O)CNc2ccc(OCCCC)cc2)c1. The Morgan fingerprint density at radius 3 is 2.52 bits per heavy atom. The Balaban J connectivity index is 1.78. The molecule has 5 nitrogen and oxygen atoms in total. The maximum atomic E-state index is 12.2. The van der Waals surface area contributed by atoms with E-state index in [0.717, 1.165) is 36.5 Å². The zero-order chi connectivity index (χ0) is 19.5. The Bertz CT molecular complexity index is 741. The minimum atomic E-state index is -0.129. The summed E-state index contributed by atoms with van der Waals surface area (Å²) in [6.07, 6.45) is 2.15. The van der Waals surface area contributed by atoms with E-state index in [0.29, 0.717) is 18.0 Å². The first kappa shape index (κ1) is 20.4. The molecule has 2 rings (SSSR count). The van der Waals surface area contributed by atoms with Gasteiger partial charge in [0.15, 0.2) is 0 Å². The van der Waals surface area contributed by atoms with E-state index >= 15 is 0 Å². The van der Waals surface area contributed by atoms with Crippen molar-refractivity contribution < 1.29 is 14.3 Å². The highest BCUT2D eigenvalue weighted by Crippen LogP contribution is 2.18. The molecular weight excluding hydrogens is 340 g/mol. The molecule has 0 spiro atoms. The van der Waals surface area contributed by atoms with Crippen LogP contribution in [0.1, 0.15) is 26.7 Å². The highest BCUT2D eigenvalue weighted by molar-refractivity contribution is 5.93. The molecule has 0 aliphatic rings. The fourth-order valence-electron chi connectivity index (χ4n) is 2.26. The molecule has 0 aliphatic carbocycles. The van der Waals surface area contributed by atoms with Crippen LogP contribution in [0.25, 0.3) is 0 Å². The van der Waals surface area contributed by atoms with Gasteiger partial charge in [0, 0.05) is 17.4 Å². The molecular formula is C22H28N2O3. The van der Waals surface area contributed by atoms with Gasteiger partial charge in [-0.2, -0.15) is 0 Å². The first-order valence-electron chi connectivity index (χ1n) is 9.20. The molecule has 0 atom stereocenters. The Labute approximate surface area is 161 Å². The second kappa shape index (κ2) is 10.9. The normalized spacial score (nSPS) is 10.1. The van der Waals surface area contributed by atoms with Crippen LogP contribution in [0.4, 0.5) is 11.4 Å². The van der Waals surface area contributed by atoms with Crippen molar-refractivity contribution in [2.24, 2.45) is 0 Å². The molecule has 0 saturated carbocycles. The summed E-state index contributed by atoms with van der Waals surface area (Å²) in [5, 5.41) is 5.96. The number of hydrogen-bond donors (Lipinski definition) is 2. The van der Waals surface area contributed by atoms with E-state index in [9.17, 15) is 4.79 Å². The van der Waals surface area contributed by atoms with Crippen LogP contribution < -0.4 is 20.1 Å². The van der Waals surface area contributed by atoms with Gasteiger partial charge in [-0.3, -0.25) is 4.79 Å². The minimum Gasteiger partial charge on any atom is -0.494 e. The lowest BCUT2D eigenvalue weighted by atomic mass is 10.3. The zero-order valence-corrected chi connectivity index (χ0v) is 16.1. The molecule has 1 amide bonds. The molecule has 0 heterocycles. The van der Waals surface area contributed by atoms with Crippen molar-refractivity contribution in [2.45, 2.75) is 26.7 Å². The number of benzene rings is 2. The Morgan fingerprint density at radius 2 is 1.81 bits per heavy atom. The molecule has 2 N–H and O–H groups in total. The molecule has 27 heavy (non-hydrogen) atoms. The third kappa shape index (κ3) is 7.86. The van der Waals surface area contributed by atoms with Crippen LogP contribution in [-0.2, 0) is 4.79 Å². The van der Waals surface area contributed by atoms with Crippen molar-refractivity contribution >= 4 is 17.3 Å². The summed E-state index contributed by atoms with van der Waals surface area (Å²) in [5.74, 6) is 1.41. The lowest BCUT2D eigenvalue weighted by molar-refractivity contribution is -0.114. The molecule has 0 unspecified atom stereocenters. The van der Waals surface area contributed by atoms with Gasteiger partial charge in [0.05, 0.1) is 13.2 Å². The summed E-state index contributed by atoms with van der Waals surface area (Å²) in [6.45, 7) is 9.19. The Kier molecular flexibility index (Phi) is 8.23. The molecule has 144 valence electrons. The zero-order valence-electron chi connectivity index (χ0n) is 16.1. The summed E-state index contributed by atoms with van der Waals surface area (Å²) in [4.78, 5) is 12.2. The topological polar surface area (TPSA) is 59.6 Å². The van der Waals surface area contributed by atoms with Crippen molar-refractivity contribution in [3.05, 3.63) is 60.7 Å². The lowest BCUT2D eigenvalue weighted by Gasteiger charge is -2.11. The van der Waals surface area contributed by atoms with E-state index in [4.69, 9.17) is 9.47 Å². The molecule has 2 aromatic carbocycles. The maximum Gasteiger partial charge on any atom is 0.243 e. The van der Waals surface area contributed by atoms with E-state index in [1.165, 1.54) is 0 Å². The number of anilines is 2. The van der Waals surface area contributed by atoms with Gasteiger partial charge in [-0.15, -0.1) is 0 Å². The number of ether oxygens (including phenoxy) is 2. The number of unbranched alkanes of at least 4 members (excludes halogenated alkanes) is 1. The number of nitrogens with one attached hydrogen (secondary N) is 2. The number of rotatable bonds is 11. The molecule has 0 fully saturated rings. The van der Waals surface area contributed by atoms with Gasteiger partial charge in [-0.1, -0.05) is 26.0 Å². The number of amides is 1. The van der Waals surface area contributed by atoms with Gasteiger partial charge in [0.1, 0.15) is 18.1 Å². The van der Waals surface area contributed by atoms with E-state index in [-0.39, 0.29) is 12.5 Å². The predicted molar refractivity (Wildman–Crippen MR) is 111 cm³/mol. The fraction of sp³-hybridized carbons (Fsp3) is 0.318. The molecule has 0 bridgehead atoms. The quantitative estimate of drug-likeness (QED) is 0.439. The van der Waals surface area contributed by atoms with Gasteiger partial charge in [0.2, 0.25) is 5.91 Å². The number of hydrogen-bond acceptors (Lipinski definition) is 4. The van der Waals surface area contributed by atoms with Crippen LogP contribution in [0.3, 0.4) is 0 Å². The highest BCUT2D eigenvalue weighted by Gasteiger charge is 2.04. The number of carbonyl (C=O) groups is 1. The van der Waals surface area contributed by atoms with Crippen LogP contribution in [0.15, 0.2) is 60.7 Å². The van der Waals surface area contributed by atoms with E-state index in [1.807, 2.05) is 49.4 Å². The summed E-state index contributed by atoms with van der Waals surface area (Å²) < 4.78 is 11.2. The van der Waals surface area contributed by atoms with Crippen molar-refractivity contribution in [2.75, 3.05) is 30.4 Å². The summed E-state index contributed by atoms with van der Waals surface area (Å²) in [5.41, 5.74) is 2.50. The summed E-state index contributed by atoms with van der Waals surface area (Å²) in [7, 11) is 0. The van der Waals surface area contributed by atoms with Gasteiger partial charge in [-0.25, -0.2) is 0 Å². The minimum absolute atomic E-state index is 0.129. The van der Waals surface area contributed by atoms with Crippen LogP contribution in [-0.4, -0.2) is 25.7 Å². The van der Waals surface area contributed by atoms with Crippen molar-refractivity contribution in [1.29, 1.82) is 0 Å². The van der Waals surface area contributed by atoms with Gasteiger partial charge in [0.25, 0.3) is 0 Å². The third-order valence-electron chi connectivity index (χ3n) is 3.68. The predicted octanol–water partition coefficient (Wildman–Crippen LogP) is 4.87. The first-order valence-corrected chi connectivity index (χ1v) is 9.20. The van der Waals surface area contributed by atoms with Crippen molar-refractivity contribution in [1.82, 2.24) is 0 Å². The smallest absolute Gasteiger partial charge is 0.243 e. The molecule has 2 aromatic rings. The van der Waals surface area contributed by atoms with Crippen molar-refractivity contribution in [3.8, 4) is 11.5 Å². The molecule has 0 saturated heterocycles. The average Bonchev–Trinajstić information content (AvgIpc) is 2.66. The van der Waals surface area contributed by atoms with Gasteiger partial charge >= 0.3 is 0 Å². The monoisotopic (exact) mass is 368 g/mol. The summed E-state index contributed by atoms with van der Waals surface area (Å²) in [6, 6.07) is 14.9. The Morgan fingerprint density at radius 1 is 1.04 bits per heavy atom. The van der Waals surface area contributed by atoms with Crippen LogP contribution in [0, 0.1) is 0 Å². The largest absolute Gasteiger partial charge is 0.494 e. The lowest BCUT2D eigenvalue weighted by Crippen LogP contribution is -2.21. The molecule has 5 heteroatoms. The van der Waals surface area contributed by atoms with Crippen LogP contribution in [0.2, 0.25) is 0 Å².